The zero-order valence-corrected chi connectivity index (χ0v) is 18.4. The van der Waals surface area contributed by atoms with Crippen molar-refractivity contribution in [1.29, 1.82) is 0 Å². The number of benzene rings is 2. The fraction of sp³-hybridized carbons (Fsp3) is 0.423. The number of rotatable bonds is 5. The first kappa shape index (κ1) is 19.7. The number of aromatic nitrogens is 3. The normalized spacial score (nSPS) is 22.6. The topological polar surface area (TPSA) is 71.2 Å². The SMILES string of the molecule is Cn1cc(-c2ccc(Cc3cc4c(cc3C3CC3)CN([C@@H]3CCC[C@H]3O)C4=O)cc2)nn1. The average molecular weight is 429 g/mol. The van der Waals surface area contributed by atoms with Gasteiger partial charge in [-0.2, -0.15) is 0 Å². The zero-order valence-electron chi connectivity index (χ0n) is 18.4. The predicted octanol–water partition coefficient (Wildman–Crippen LogP) is 3.82. The highest BCUT2D eigenvalue weighted by atomic mass is 16.3. The smallest absolute Gasteiger partial charge is 0.254 e. The Hall–Kier alpha value is -2.99. The van der Waals surface area contributed by atoms with Crippen molar-refractivity contribution in [2.75, 3.05) is 0 Å². The molecular formula is C26H28N4O2. The molecule has 0 radical (unpaired) electrons. The monoisotopic (exact) mass is 428 g/mol. The maximum Gasteiger partial charge on any atom is 0.254 e. The molecule has 164 valence electrons. The minimum Gasteiger partial charge on any atom is -0.391 e. The van der Waals surface area contributed by atoms with Crippen molar-refractivity contribution < 1.29 is 9.90 Å². The van der Waals surface area contributed by atoms with E-state index in [-0.39, 0.29) is 18.1 Å². The number of nitrogens with zero attached hydrogens (tertiary/aromatic N) is 4. The summed E-state index contributed by atoms with van der Waals surface area (Å²) >= 11 is 0. The van der Waals surface area contributed by atoms with Crippen molar-refractivity contribution in [3.8, 4) is 11.3 Å². The number of aliphatic hydroxyl groups is 1. The summed E-state index contributed by atoms with van der Waals surface area (Å²) in [4.78, 5) is 15.1. The van der Waals surface area contributed by atoms with E-state index in [1.54, 1.807) is 4.68 Å². The first-order valence-electron chi connectivity index (χ1n) is 11.7. The van der Waals surface area contributed by atoms with Crippen LogP contribution >= 0.6 is 0 Å². The second-order valence-corrected chi connectivity index (χ2v) is 9.63. The summed E-state index contributed by atoms with van der Waals surface area (Å²) in [7, 11) is 1.87. The van der Waals surface area contributed by atoms with E-state index < -0.39 is 0 Å². The van der Waals surface area contributed by atoms with Gasteiger partial charge in [0.2, 0.25) is 0 Å². The van der Waals surface area contributed by atoms with Gasteiger partial charge in [-0.25, -0.2) is 0 Å². The molecule has 6 nitrogen and oxygen atoms in total. The van der Waals surface area contributed by atoms with Crippen LogP contribution in [-0.2, 0) is 20.0 Å². The Morgan fingerprint density at radius 1 is 1.09 bits per heavy atom. The summed E-state index contributed by atoms with van der Waals surface area (Å²) in [5.41, 5.74) is 7.80. The maximum absolute atomic E-state index is 13.2. The molecule has 6 heteroatoms. The van der Waals surface area contributed by atoms with Crippen LogP contribution < -0.4 is 0 Å². The van der Waals surface area contributed by atoms with Gasteiger partial charge in [-0.15, -0.1) is 5.10 Å². The Labute approximate surface area is 187 Å². The highest BCUT2D eigenvalue weighted by Gasteiger charge is 2.39. The van der Waals surface area contributed by atoms with Gasteiger partial charge in [0.05, 0.1) is 18.3 Å². The Balaban J connectivity index is 1.28. The van der Waals surface area contributed by atoms with Crippen LogP contribution in [0.3, 0.4) is 0 Å². The van der Waals surface area contributed by atoms with Gasteiger partial charge in [0, 0.05) is 24.7 Å². The third-order valence-corrected chi connectivity index (χ3v) is 7.31. The summed E-state index contributed by atoms with van der Waals surface area (Å²) in [5.74, 6) is 0.711. The molecule has 1 N–H and O–H groups in total. The van der Waals surface area contributed by atoms with E-state index in [4.69, 9.17) is 0 Å². The van der Waals surface area contributed by atoms with E-state index >= 15 is 0 Å². The zero-order chi connectivity index (χ0) is 21.8. The van der Waals surface area contributed by atoms with Crippen molar-refractivity contribution in [3.63, 3.8) is 0 Å². The van der Waals surface area contributed by atoms with Crippen LogP contribution in [0.25, 0.3) is 11.3 Å². The molecule has 1 aliphatic heterocycles. The van der Waals surface area contributed by atoms with E-state index in [9.17, 15) is 9.90 Å². The molecule has 0 unspecified atom stereocenters. The van der Waals surface area contributed by atoms with Gasteiger partial charge < -0.3 is 10.0 Å². The number of carbonyl (C=O) groups is 1. The Morgan fingerprint density at radius 3 is 2.56 bits per heavy atom. The largest absolute Gasteiger partial charge is 0.391 e. The Morgan fingerprint density at radius 2 is 1.91 bits per heavy atom. The maximum atomic E-state index is 13.2. The molecule has 2 saturated carbocycles. The number of aryl methyl sites for hydroxylation is 1. The van der Waals surface area contributed by atoms with Crippen molar-refractivity contribution in [1.82, 2.24) is 19.9 Å². The molecule has 1 aromatic heterocycles. The molecule has 2 fully saturated rings. The third-order valence-electron chi connectivity index (χ3n) is 7.31. The minimum atomic E-state index is -0.386. The lowest BCUT2D eigenvalue weighted by Gasteiger charge is -2.26. The van der Waals surface area contributed by atoms with Crippen LogP contribution in [-0.4, -0.2) is 43.1 Å². The number of hydrogen-bond donors (Lipinski definition) is 1. The van der Waals surface area contributed by atoms with Crippen molar-refractivity contribution in [3.05, 3.63) is 70.4 Å². The second kappa shape index (κ2) is 7.55. The van der Waals surface area contributed by atoms with Crippen LogP contribution in [0.1, 0.15) is 70.6 Å². The second-order valence-electron chi connectivity index (χ2n) is 9.63. The van der Waals surface area contributed by atoms with Crippen molar-refractivity contribution in [2.24, 2.45) is 7.05 Å². The molecule has 6 rings (SSSR count). The van der Waals surface area contributed by atoms with Gasteiger partial charge >= 0.3 is 0 Å². The highest BCUT2D eigenvalue weighted by molar-refractivity contribution is 5.99. The molecule has 2 aliphatic carbocycles. The Kier molecular flexibility index (Phi) is 4.65. The molecular weight excluding hydrogens is 400 g/mol. The summed E-state index contributed by atoms with van der Waals surface area (Å²) in [6, 6.07) is 12.9. The number of amides is 1. The van der Waals surface area contributed by atoms with Crippen LogP contribution in [0.15, 0.2) is 42.6 Å². The van der Waals surface area contributed by atoms with Gasteiger partial charge in [0.15, 0.2) is 0 Å². The summed E-state index contributed by atoms with van der Waals surface area (Å²) in [5, 5.41) is 18.6. The van der Waals surface area contributed by atoms with E-state index in [1.807, 2.05) is 18.1 Å². The molecule has 32 heavy (non-hydrogen) atoms. The minimum absolute atomic E-state index is 0.0312. The van der Waals surface area contributed by atoms with Crippen LogP contribution in [0.4, 0.5) is 0 Å². The predicted molar refractivity (Wildman–Crippen MR) is 121 cm³/mol. The average Bonchev–Trinajstić information content (AvgIpc) is 3.28. The van der Waals surface area contributed by atoms with Gasteiger partial charge in [-0.05, 0) is 72.8 Å². The summed E-state index contributed by atoms with van der Waals surface area (Å²) in [6.45, 7) is 0.642. The standard InChI is InChI=1S/C26H28N4O2/c1-29-15-23(27-28-29)18-7-5-16(6-8-18)11-19-12-22-20(13-21(19)17-9-10-17)14-30(26(22)32)24-3-2-4-25(24)31/h5-8,12-13,15,17,24-25,31H,2-4,9-11,14H2,1H3/t24-,25-/m1/s1. The van der Waals surface area contributed by atoms with Crippen LogP contribution in [0.2, 0.25) is 0 Å². The Bertz CT molecular complexity index is 1180. The number of carbonyl (C=O) groups excluding carboxylic acids is 1. The molecule has 2 aromatic carbocycles. The lowest BCUT2D eigenvalue weighted by atomic mass is 9.92. The van der Waals surface area contributed by atoms with Crippen LogP contribution in [0.5, 0.6) is 0 Å². The molecule has 3 aliphatic rings. The van der Waals surface area contributed by atoms with Gasteiger partial charge in [0.1, 0.15) is 5.69 Å². The van der Waals surface area contributed by atoms with Crippen molar-refractivity contribution >= 4 is 5.91 Å². The van der Waals surface area contributed by atoms with Gasteiger partial charge in [-0.1, -0.05) is 35.5 Å². The first-order valence-corrected chi connectivity index (χ1v) is 11.7. The lowest BCUT2D eigenvalue weighted by Crippen LogP contribution is -2.40. The van der Waals surface area contributed by atoms with E-state index in [0.29, 0.717) is 12.5 Å². The third kappa shape index (κ3) is 3.43. The summed E-state index contributed by atoms with van der Waals surface area (Å²) in [6.07, 6.45) is 7.51. The molecule has 3 aromatic rings. The molecule has 2 heterocycles. The van der Waals surface area contributed by atoms with E-state index in [2.05, 4.69) is 46.7 Å². The number of aliphatic hydroxyl groups excluding tert-OH is 1. The first-order chi connectivity index (χ1) is 15.6. The number of fused-ring (bicyclic) bond motifs is 1. The van der Waals surface area contributed by atoms with E-state index in [0.717, 1.165) is 48.1 Å². The fourth-order valence-electron chi connectivity index (χ4n) is 5.42. The van der Waals surface area contributed by atoms with Crippen molar-refractivity contribution in [2.45, 2.75) is 63.1 Å². The lowest BCUT2D eigenvalue weighted by molar-refractivity contribution is 0.0479. The van der Waals surface area contributed by atoms with Crippen LogP contribution in [0, 0.1) is 0 Å². The quantitative estimate of drug-likeness (QED) is 0.671. The molecule has 0 saturated heterocycles. The molecule has 1 amide bonds. The van der Waals surface area contributed by atoms with E-state index in [1.165, 1.54) is 29.5 Å². The summed E-state index contributed by atoms with van der Waals surface area (Å²) < 4.78 is 1.71. The highest BCUT2D eigenvalue weighted by Crippen LogP contribution is 2.44. The molecule has 2 atom stereocenters. The molecule has 0 spiro atoms. The fourth-order valence-corrected chi connectivity index (χ4v) is 5.42. The van der Waals surface area contributed by atoms with Gasteiger partial charge in [-0.3, -0.25) is 9.48 Å². The molecule has 0 bridgehead atoms. The van der Waals surface area contributed by atoms with Gasteiger partial charge in [0.25, 0.3) is 5.91 Å². The number of hydrogen-bond acceptors (Lipinski definition) is 4.